The van der Waals surface area contributed by atoms with Gasteiger partial charge in [-0.3, -0.25) is 9.78 Å². The van der Waals surface area contributed by atoms with Crippen molar-refractivity contribution in [3.05, 3.63) is 98.6 Å². The molecule has 1 heterocycles. The zero-order valence-corrected chi connectivity index (χ0v) is 25.5. The second kappa shape index (κ2) is 16.0. The van der Waals surface area contributed by atoms with Gasteiger partial charge in [0.15, 0.2) is 0 Å². The molecule has 3 rings (SSSR count). The van der Waals surface area contributed by atoms with Crippen molar-refractivity contribution >= 4 is 12.0 Å². The Bertz CT molecular complexity index is 1460. The minimum absolute atomic E-state index is 0.0130. The zero-order valence-electron chi connectivity index (χ0n) is 25.5. The number of para-hydroxylation sites is 1. The number of hydrogen-bond donors (Lipinski definition) is 2. The largest absolute Gasteiger partial charge is 0.426 e. The molecule has 2 N–H and O–H groups in total. The molecular formula is C33H39FN2O8. The highest BCUT2D eigenvalue weighted by atomic mass is 19.1. The van der Waals surface area contributed by atoms with Gasteiger partial charge in [0.05, 0.1) is 30.9 Å². The van der Waals surface area contributed by atoms with Gasteiger partial charge in [-0.25, -0.2) is 4.39 Å². The number of esters is 1. The molecule has 11 heteroatoms. The fraction of sp³-hybridized carbons (Fsp3) is 0.394. The number of carbonyl (C=O) groups is 1. The van der Waals surface area contributed by atoms with Crippen molar-refractivity contribution in [1.82, 2.24) is 4.98 Å². The quantitative estimate of drug-likeness (QED) is 0.0902. The lowest BCUT2D eigenvalue weighted by Crippen LogP contribution is -2.22. The lowest BCUT2D eigenvalue weighted by molar-refractivity contribution is -0.763. The van der Waals surface area contributed by atoms with Crippen molar-refractivity contribution in [3.63, 3.8) is 0 Å². The maximum absolute atomic E-state index is 13.9. The summed E-state index contributed by atoms with van der Waals surface area (Å²) in [5.74, 6) is -0.967. The second-order valence-corrected chi connectivity index (χ2v) is 11.0. The molecule has 0 spiro atoms. The van der Waals surface area contributed by atoms with Crippen molar-refractivity contribution < 1.29 is 38.8 Å². The fourth-order valence-corrected chi connectivity index (χ4v) is 4.85. The summed E-state index contributed by atoms with van der Waals surface area (Å²) in [5, 5.41) is 31.0. The highest BCUT2D eigenvalue weighted by molar-refractivity contribution is 5.80. The van der Waals surface area contributed by atoms with Crippen LogP contribution in [0, 0.1) is 15.9 Å². The maximum Gasteiger partial charge on any atom is 0.313 e. The van der Waals surface area contributed by atoms with Crippen LogP contribution in [0.15, 0.2) is 54.6 Å². The van der Waals surface area contributed by atoms with Crippen molar-refractivity contribution in [2.24, 2.45) is 0 Å². The first-order valence-corrected chi connectivity index (χ1v) is 14.3. The van der Waals surface area contributed by atoms with E-state index in [1.54, 1.807) is 37.5 Å². The van der Waals surface area contributed by atoms with Crippen LogP contribution < -0.4 is 4.74 Å². The average Bonchev–Trinajstić information content (AvgIpc) is 2.95. The topological polar surface area (TPSA) is 141 Å². The van der Waals surface area contributed by atoms with E-state index in [0.717, 1.165) is 33.6 Å². The lowest BCUT2D eigenvalue weighted by atomic mass is 9.87. The van der Waals surface area contributed by atoms with Gasteiger partial charge in [-0.1, -0.05) is 70.2 Å². The van der Waals surface area contributed by atoms with Gasteiger partial charge >= 0.3 is 5.97 Å². The SMILES string of the molecule is COCc1c(C(C)C)nc(C(C)C)c(/C=C/[C@@H](O)C[C@@H](O)CC(=O)Oc2ccccc2CO[N+](=O)[O-])c1-c1ccc(F)cc1. The maximum atomic E-state index is 13.9. The van der Waals surface area contributed by atoms with E-state index in [4.69, 9.17) is 14.5 Å². The van der Waals surface area contributed by atoms with Crippen LogP contribution in [0.2, 0.25) is 0 Å². The highest BCUT2D eigenvalue weighted by Gasteiger charge is 2.23. The van der Waals surface area contributed by atoms with Crippen LogP contribution in [0.4, 0.5) is 4.39 Å². The van der Waals surface area contributed by atoms with Crippen molar-refractivity contribution in [3.8, 4) is 16.9 Å². The molecule has 0 saturated heterocycles. The van der Waals surface area contributed by atoms with Crippen molar-refractivity contribution in [2.75, 3.05) is 7.11 Å². The number of aliphatic hydroxyl groups is 2. The molecule has 236 valence electrons. The molecule has 44 heavy (non-hydrogen) atoms. The van der Waals surface area contributed by atoms with Gasteiger partial charge in [0.2, 0.25) is 0 Å². The summed E-state index contributed by atoms with van der Waals surface area (Å²) in [6.45, 7) is 8.00. The summed E-state index contributed by atoms with van der Waals surface area (Å²) in [5.41, 5.74) is 5.14. The monoisotopic (exact) mass is 610 g/mol. The molecule has 0 aliphatic rings. The summed E-state index contributed by atoms with van der Waals surface area (Å²) in [7, 11) is 1.60. The number of benzene rings is 2. The van der Waals surface area contributed by atoms with Crippen LogP contribution in [0.1, 0.15) is 80.5 Å². The van der Waals surface area contributed by atoms with E-state index in [9.17, 15) is 29.5 Å². The van der Waals surface area contributed by atoms with Crippen LogP contribution in [0.5, 0.6) is 5.75 Å². The molecule has 1 aromatic heterocycles. The molecular weight excluding hydrogens is 571 g/mol. The molecule has 0 aliphatic heterocycles. The summed E-state index contributed by atoms with van der Waals surface area (Å²) < 4.78 is 24.7. The number of aliphatic hydroxyl groups excluding tert-OH is 2. The van der Waals surface area contributed by atoms with Crippen LogP contribution >= 0.6 is 0 Å². The molecule has 0 saturated carbocycles. The predicted octanol–water partition coefficient (Wildman–Crippen LogP) is 6.11. The van der Waals surface area contributed by atoms with Gasteiger partial charge in [-0.2, -0.15) is 0 Å². The first-order chi connectivity index (χ1) is 20.9. The van der Waals surface area contributed by atoms with Crippen molar-refractivity contribution in [1.29, 1.82) is 0 Å². The zero-order chi connectivity index (χ0) is 32.4. The number of rotatable bonds is 15. The fourth-order valence-electron chi connectivity index (χ4n) is 4.85. The summed E-state index contributed by atoms with van der Waals surface area (Å²) in [6, 6.07) is 12.4. The molecule has 0 aliphatic carbocycles. The molecule has 0 radical (unpaired) electrons. The van der Waals surface area contributed by atoms with Gasteiger partial charge in [-0.15, -0.1) is 10.1 Å². The van der Waals surface area contributed by atoms with E-state index < -0.39 is 36.3 Å². The third kappa shape index (κ3) is 9.40. The van der Waals surface area contributed by atoms with Gasteiger partial charge in [0.1, 0.15) is 18.2 Å². The molecule has 0 fully saturated rings. The Kier molecular flexibility index (Phi) is 12.5. The number of hydrogen-bond acceptors (Lipinski definition) is 9. The Morgan fingerprint density at radius 3 is 2.30 bits per heavy atom. The molecule has 0 amide bonds. The van der Waals surface area contributed by atoms with Gasteiger partial charge in [0, 0.05) is 35.9 Å². The first kappa shape index (κ1) is 34.3. The Labute approximate surface area is 256 Å². The highest BCUT2D eigenvalue weighted by Crippen LogP contribution is 2.38. The second-order valence-electron chi connectivity index (χ2n) is 11.0. The Morgan fingerprint density at radius 2 is 1.68 bits per heavy atom. The lowest BCUT2D eigenvalue weighted by Gasteiger charge is -2.23. The third-order valence-electron chi connectivity index (χ3n) is 6.84. The van der Waals surface area contributed by atoms with Gasteiger partial charge in [-0.05, 0) is 41.2 Å². The Morgan fingerprint density at radius 1 is 1.02 bits per heavy atom. The third-order valence-corrected chi connectivity index (χ3v) is 6.84. The van der Waals surface area contributed by atoms with Crippen molar-refractivity contribution in [2.45, 2.75) is 77.8 Å². The van der Waals surface area contributed by atoms with Crippen LogP contribution in [0.3, 0.4) is 0 Å². The standard InChI is InChI=1S/C33H39FN2O8/c1-20(2)32-27(31(22-10-12-24(34)13-11-22)28(19-42-5)33(35-32)21(3)4)15-14-25(37)16-26(38)17-30(39)44-29-9-7-6-8-23(29)18-43-36(40)41/h6-15,20-21,25-26,37-38H,16-19H2,1-5H3/b15-14+/t25-,26-/m1/s1. The van der Waals surface area contributed by atoms with Crippen LogP contribution in [-0.4, -0.2) is 45.6 Å². The van der Waals surface area contributed by atoms with E-state index in [1.807, 2.05) is 27.7 Å². The van der Waals surface area contributed by atoms with E-state index in [2.05, 4.69) is 4.84 Å². The predicted molar refractivity (Wildman–Crippen MR) is 163 cm³/mol. The van der Waals surface area contributed by atoms with E-state index in [-0.39, 0.29) is 42.0 Å². The van der Waals surface area contributed by atoms with Gasteiger partial charge < -0.3 is 24.5 Å². The molecule has 2 atom stereocenters. The smallest absolute Gasteiger partial charge is 0.313 e. The Balaban J connectivity index is 1.85. The molecule has 2 aromatic carbocycles. The molecule has 0 bridgehead atoms. The van der Waals surface area contributed by atoms with Crippen LogP contribution in [-0.2, 0) is 27.6 Å². The number of halogens is 1. The minimum Gasteiger partial charge on any atom is -0.426 e. The van der Waals surface area contributed by atoms with E-state index in [0.29, 0.717) is 0 Å². The normalized spacial score (nSPS) is 13.0. The number of methoxy groups -OCH3 is 1. The number of aromatic nitrogens is 1. The number of nitrogens with zero attached hydrogens (tertiary/aromatic N) is 2. The van der Waals surface area contributed by atoms with Crippen LogP contribution in [0.25, 0.3) is 17.2 Å². The Hall–Kier alpha value is -4.19. The number of carbonyl (C=O) groups excluding carboxylic acids is 1. The molecule has 10 nitrogen and oxygen atoms in total. The van der Waals surface area contributed by atoms with E-state index in [1.165, 1.54) is 30.3 Å². The average molecular weight is 611 g/mol. The minimum atomic E-state index is -1.24. The summed E-state index contributed by atoms with van der Waals surface area (Å²) in [4.78, 5) is 32.4. The number of ether oxygens (including phenoxy) is 2. The summed E-state index contributed by atoms with van der Waals surface area (Å²) in [6.07, 6.45) is 0.316. The summed E-state index contributed by atoms with van der Waals surface area (Å²) >= 11 is 0. The van der Waals surface area contributed by atoms with Gasteiger partial charge in [0.25, 0.3) is 5.09 Å². The number of pyridine rings is 1. The molecule has 0 unspecified atom stereocenters. The first-order valence-electron chi connectivity index (χ1n) is 14.3. The van der Waals surface area contributed by atoms with E-state index >= 15 is 0 Å². The molecule has 3 aromatic rings.